The number of carbonyl (C=O) groups is 2. The molecule has 0 atom stereocenters. The Morgan fingerprint density at radius 1 is 1.36 bits per heavy atom. The summed E-state index contributed by atoms with van der Waals surface area (Å²) in [6.07, 6.45) is 5.42. The zero-order chi connectivity index (χ0) is 15.9. The number of hydroxylamine groups is 2. The van der Waals surface area contributed by atoms with Gasteiger partial charge in [-0.25, -0.2) is 9.78 Å². The first-order valence-electron chi connectivity index (χ1n) is 6.62. The minimum Gasteiger partial charge on any atom is -0.338 e. The number of thiazole rings is 1. The summed E-state index contributed by atoms with van der Waals surface area (Å²) in [7, 11) is 0. The van der Waals surface area contributed by atoms with Crippen molar-refractivity contribution in [1.82, 2.24) is 10.0 Å². The topological polar surface area (TPSA) is 59.5 Å². The molecule has 22 heavy (non-hydrogen) atoms. The van der Waals surface area contributed by atoms with Gasteiger partial charge in [0.15, 0.2) is 5.01 Å². The maximum absolute atomic E-state index is 12.5. The molecule has 0 N–H and O–H groups in total. The summed E-state index contributed by atoms with van der Waals surface area (Å²) < 4.78 is 0. The van der Waals surface area contributed by atoms with Crippen LogP contribution in [0.5, 0.6) is 0 Å². The first-order chi connectivity index (χ1) is 10.6. The number of terminal acetylenes is 1. The second-order valence-corrected chi connectivity index (χ2v) is 5.18. The van der Waals surface area contributed by atoms with Crippen molar-refractivity contribution in [2.75, 3.05) is 0 Å². The quantitative estimate of drug-likeness (QED) is 0.643. The SMILES string of the molecule is C#Cc1nc(C(=O)N(Cc2ccccc2)OC(=O)CC)cs1. The molecule has 6 heteroatoms. The summed E-state index contributed by atoms with van der Waals surface area (Å²) in [6, 6.07) is 9.24. The van der Waals surface area contributed by atoms with Crippen LogP contribution in [0.25, 0.3) is 0 Å². The van der Waals surface area contributed by atoms with Crippen LogP contribution in [0.1, 0.15) is 34.4 Å². The molecule has 1 aromatic carbocycles. The van der Waals surface area contributed by atoms with Crippen LogP contribution < -0.4 is 0 Å². The summed E-state index contributed by atoms with van der Waals surface area (Å²) >= 11 is 1.19. The molecule has 1 amide bonds. The molecule has 0 fully saturated rings. The van der Waals surface area contributed by atoms with Crippen LogP contribution in [0.2, 0.25) is 0 Å². The zero-order valence-corrected chi connectivity index (χ0v) is 12.8. The molecule has 0 saturated carbocycles. The fraction of sp³-hybridized carbons (Fsp3) is 0.188. The Hall–Kier alpha value is -2.65. The van der Waals surface area contributed by atoms with Gasteiger partial charge in [0.1, 0.15) is 5.69 Å². The number of rotatable bonds is 4. The Morgan fingerprint density at radius 2 is 2.09 bits per heavy atom. The van der Waals surface area contributed by atoms with E-state index in [2.05, 4.69) is 10.9 Å². The molecule has 0 spiro atoms. The third kappa shape index (κ3) is 3.93. The summed E-state index contributed by atoms with van der Waals surface area (Å²) in [5.74, 6) is 1.39. The summed E-state index contributed by atoms with van der Waals surface area (Å²) in [5.41, 5.74) is 1.00. The first-order valence-corrected chi connectivity index (χ1v) is 7.50. The molecule has 0 bridgehead atoms. The molecule has 5 nitrogen and oxygen atoms in total. The van der Waals surface area contributed by atoms with E-state index in [1.54, 1.807) is 12.3 Å². The molecule has 0 unspecified atom stereocenters. The van der Waals surface area contributed by atoms with E-state index in [1.165, 1.54) is 11.3 Å². The summed E-state index contributed by atoms with van der Waals surface area (Å²) in [5, 5.41) is 2.97. The van der Waals surface area contributed by atoms with E-state index in [1.807, 2.05) is 30.3 Å². The number of benzene rings is 1. The van der Waals surface area contributed by atoms with Crippen molar-refractivity contribution in [3.63, 3.8) is 0 Å². The zero-order valence-electron chi connectivity index (χ0n) is 12.0. The van der Waals surface area contributed by atoms with Gasteiger partial charge >= 0.3 is 11.9 Å². The van der Waals surface area contributed by atoms with E-state index in [9.17, 15) is 9.59 Å². The highest BCUT2D eigenvalue weighted by Gasteiger charge is 2.22. The van der Waals surface area contributed by atoms with Gasteiger partial charge in [-0.3, -0.25) is 4.79 Å². The van der Waals surface area contributed by atoms with Crippen LogP contribution in [-0.2, 0) is 16.2 Å². The molecular weight excluding hydrogens is 300 g/mol. The standard InChI is InChI=1S/C16H14N2O3S/c1-3-14-17-13(11-22-14)16(20)18(21-15(19)4-2)10-12-8-6-5-7-9-12/h1,5-9,11H,4,10H2,2H3. The number of hydrogen-bond acceptors (Lipinski definition) is 5. The van der Waals surface area contributed by atoms with Crippen LogP contribution in [-0.4, -0.2) is 21.9 Å². The summed E-state index contributed by atoms with van der Waals surface area (Å²) in [4.78, 5) is 33.1. The van der Waals surface area contributed by atoms with Crippen LogP contribution in [0.15, 0.2) is 35.7 Å². The second kappa shape index (κ2) is 7.38. The van der Waals surface area contributed by atoms with Crippen molar-refractivity contribution < 1.29 is 14.4 Å². The highest BCUT2D eigenvalue weighted by atomic mass is 32.1. The number of carbonyl (C=O) groups excluding carboxylic acids is 2. The smallest absolute Gasteiger partial charge is 0.332 e. The third-order valence-corrected chi connectivity index (χ3v) is 3.52. The molecule has 0 aliphatic carbocycles. The molecule has 0 radical (unpaired) electrons. The lowest BCUT2D eigenvalue weighted by molar-refractivity contribution is -0.179. The van der Waals surface area contributed by atoms with Gasteiger partial charge in [0.05, 0.1) is 6.54 Å². The predicted octanol–water partition coefficient (Wildman–Crippen LogP) is 2.64. The molecule has 0 aliphatic heterocycles. The molecule has 112 valence electrons. The van der Waals surface area contributed by atoms with Crippen molar-refractivity contribution in [1.29, 1.82) is 0 Å². The lowest BCUT2D eigenvalue weighted by atomic mass is 10.2. The van der Waals surface area contributed by atoms with Gasteiger partial charge in [-0.05, 0) is 11.5 Å². The van der Waals surface area contributed by atoms with Crippen molar-refractivity contribution in [2.24, 2.45) is 0 Å². The molecule has 2 aromatic rings. The largest absolute Gasteiger partial charge is 0.338 e. The van der Waals surface area contributed by atoms with E-state index < -0.39 is 11.9 Å². The van der Waals surface area contributed by atoms with Gasteiger partial charge in [0, 0.05) is 11.8 Å². The minimum atomic E-state index is -0.497. The highest BCUT2D eigenvalue weighted by Crippen LogP contribution is 2.14. The van der Waals surface area contributed by atoms with E-state index in [-0.39, 0.29) is 18.7 Å². The van der Waals surface area contributed by atoms with E-state index in [0.29, 0.717) is 5.01 Å². The lowest BCUT2D eigenvalue weighted by Gasteiger charge is -2.20. The summed E-state index contributed by atoms with van der Waals surface area (Å²) in [6.45, 7) is 1.81. The van der Waals surface area contributed by atoms with Crippen LogP contribution in [0.4, 0.5) is 0 Å². The first kappa shape index (κ1) is 15.7. The number of aromatic nitrogens is 1. The van der Waals surface area contributed by atoms with Crippen molar-refractivity contribution in [2.45, 2.75) is 19.9 Å². The Kier molecular flexibility index (Phi) is 5.28. The van der Waals surface area contributed by atoms with Crippen LogP contribution in [0.3, 0.4) is 0 Å². The van der Waals surface area contributed by atoms with Gasteiger partial charge in [-0.1, -0.05) is 37.3 Å². The Morgan fingerprint density at radius 3 is 2.68 bits per heavy atom. The Bertz CT molecular complexity index is 704. The van der Waals surface area contributed by atoms with Crippen LogP contribution >= 0.6 is 11.3 Å². The van der Waals surface area contributed by atoms with Gasteiger partial charge in [-0.2, -0.15) is 5.06 Å². The fourth-order valence-corrected chi connectivity index (χ4v) is 2.24. The molecular formula is C16H14N2O3S. The maximum Gasteiger partial charge on any atom is 0.332 e. The van der Waals surface area contributed by atoms with Crippen molar-refractivity contribution in [3.05, 3.63) is 52.0 Å². The Balaban J connectivity index is 2.21. The van der Waals surface area contributed by atoms with E-state index in [0.717, 1.165) is 10.6 Å². The van der Waals surface area contributed by atoms with Crippen LogP contribution in [0, 0.1) is 12.3 Å². The second-order valence-electron chi connectivity index (χ2n) is 4.33. The molecule has 1 heterocycles. The Labute approximate surface area is 132 Å². The molecule has 0 aliphatic rings. The highest BCUT2D eigenvalue weighted by molar-refractivity contribution is 7.10. The minimum absolute atomic E-state index is 0.147. The van der Waals surface area contributed by atoms with E-state index >= 15 is 0 Å². The fourth-order valence-electron chi connectivity index (χ4n) is 1.65. The average Bonchev–Trinajstić information content (AvgIpc) is 3.03. The normalized spacial score (nSPS) is 9.82. The van der Waals surface area contributed by atoms with Gasteiger partial charge in [0.25, 0.3) is 0 Å². The van der Waals surface area contributed by atoms with Gasteiger partial charge in [-0.15, -0.1) is 17.8 Å². The molecule has 1 aromatic heterocycles. The average molecular weight is 314 g/mol. The van der Waals surface area contributed by atoms with Crippen molar-refractivity contribution in [3.8, 4) is 12.3 Å². The van der Waals surface area contributed by atoms with Gasteiger partial charge < -0.3 is 4.84 Å². The molecule has 2 rings (SSSR count). The van der Waals surface area contributed by atoms with Crippen molar-refractivity contribution >= 4 is 23.2 Å². The third-order valence-electron chi connectivity index (χ3n) is 2.74. The monoisotopic (exact) mass is 314 g/mol. The predicted molar refractivity (Wildman–Crippen MR) is 82.7 cm³/mol. The lowest BCUT2D eigenvalue weighted by Crippen LogP contribution is -2.33. The van der Waals surface area contributed by atoms with Gasteiger partial charge in [0.2, 0.25) is 0 Å². The maximum atomic E-state index is 12.5. The molecule has 0 saturated heterocycles. The number of amides is 1. The number of hydrogen-bond donors (Lipinski definition) is 0. The van der Waals surface area contributed by atoms with E-state index in [4.69, 9.17) is 11.3 Å². The number of nitrogens with zero attached hydrogens (tertiary/aromatic N) is 2.